The lowest BCUT2D eigenvalue weighted by molar-refractivity contribution is 0.265. The van der Waals surface area contributed by atoms with E-state index >= 15 is 0 Å². The number of aromatic nitrogens is 2. The Bertz CT molecular complexity index is 498. The third kappa shape index (κ3) is 2.52. The average molecular weight is 249 g/mol. The van der Waals surface area contributed by atoms with Gasteiger partial charge in [0, 0.05) is 10.6 Å². The molecule has 0 bridgehead atoms. The number of nitrogens with two attached hydrogens (primary N) is 1. The normalized spacial score (nSPS) is 12.6. The summed E-state index contributed by atoms with van der Waals surface area (Å²) >= 11 is 1.69. The van der Waals surface area contributed by atoms with Crippen molar-refractivity contribution >= 4 is 11.8 Å². The Labute approximate surface area is 104 Å². The topological polar surface area (TPSA) is 64.1 Å². The van der Waals surface area contributed by atoms with Crippen LogP contribution in [0, 0.1) is 0 Å². The van der Waals surface area contributed by atoms with Crippen molar-refractivity contribution in [3.05, 3.63) is 42.5 Å². The Morgan fingerprint density at radius 1 is 1.53 bits per heavy atom. The maximum atomic E-state index is 9.11. The number of thioether (sulfide) groups is 1. The van der Waals surface area contributed by atoms with Gasteiger partial charge in [-0.25, -0.2) is 4.98 Å². The molecule has 0 aliphatic rings. The number of rotatable bonds is 4. The van der Waals surface area contributed by atoms with Gasteiger partial charge >= 0.3 is 0 Å². The van der Waals surface area contributed by atoms with Crippen molar-refractivity contribution in [2.75, 3.05) is 12.9 Å². The lowest BCUT2D eigenvalue weighted by Crippen LogP contribution is -2.18. The maximum absolute atomic E-state index is 9.11. The van der Waals surface area contributed by atoms with Gasteiger partial charge in [-0.1, -0.05) is 6.07 Å². The first kappa shape index (κ1) is 12.2. The van der Waals surface area contributed by atoms with Gasteiger partial charge in [0.1, 0.15) is 0 Å². The summed E-state index contributed by atoms with van der Waals surface area (Å²) in [5.74, 6) is 0. The molecule has 1 atom stereocenters. The number of hydrogen-bond donors (Lipinski definition) is 2. The van der Waals surface area contributed by atoms with Gasteiger partial charge in [0.25, 0.3) is 0 Å². The molecule has 0 aliphatic heterocycles. The fourth-order valence-corrected chi connectivity index (χ4v) is 2.10. The SMILES string of the molecule is CSc1cccc(-n2cncc2C(N)CO)c1. The molecule has 3 N–H and O–H groups in total. The molecule has 90 valence electrons. The fraction of sp³-hybridized carbons (Fsp3) is 0.250. The monoisotopic (exact) mass is 249 g/mol. The van der Waals surface area contributed by atoms with Crippen LogP contribution in [0.5, 0.6) is 0 Å². The second-order valence-electron chi connectivity index (χ2n) is 3.68. The molecule has 17 heavy (non-hydrogen) atoms. The molecule has 4 nitrogen and oxygen atoms in total. The number of hydrogen-bond acceptors (Lipinski definition) is 4. The third-order valence-electron chi connectivity index (χ3n) is 2.58. The van der Waals surface area contributed by atoms with Crippen LogP contribution in [-0.2, 0) is 0 Å². The van der Waals surface area contributed by atoms with Gasteiger partial charge in [-0.3, -0.25) is 0 Å². The standard InChI is InChI=1S/C12H15N3OS/c1-17-10-4-2-3-9(5-10)15-8-14-6-12(15)11(13)7-16/h2-6,8,11,16H,7,13H2,1H3. The Morgan fingerprint density at radius 3 is 3.06 bits per heavy atom. The second-order valence-corrected chi connectivity index (χ2v) is 4.56. The minimum absolute atomic E-state index is 0.0894. The number of nitrogens with zero attached hydrogens (tertiary/aromatic N) is 2. The summed E-state index contributed by atoms with van der Waals surface area (Å²) in [5, 5.41) is 9.11. The maximum Gasteiger partial charge on any atom is 0.0994 e. The highest BCUT2D eigenvalue weighted by molar-refractivity contribution is 7.98. The van der Waals surface area contributed by atoms with E-state index in [2.05, 4.69) is 17.1 Å². The van der Waals surface area contributed by atoms with Gasteiger partial charge in [0.15, 0.2) is 0 Å². The van der Waals surface area contributed by atoms with E-state index in [4.69, 9.17) is 10.8 Å². The predicted molar refractivity (Wildman–Crippen MR) is 69.4 cm³/mol. The molecule has 1 heterocycles. The summed E-state index contributed by atoms with van der Waals surface area (Å²) in [6.45, 7) is -0.0894. The Morgan fingerprint density at radius 2 is 2.35 bits per heavy atom. The molecule has 0 aliphatic carbocycles. The van der Waals surface area contributed by atoms with Crippen molar-refractivity contribution in [2.45, 2.75) is 10.9 Å². The van der Waals surface area contributed by atoms with E-state index in [0.29, 0.717) is 0 Å². The molecule has 1 aromatic carbocycles. The predicted octanol–water partition coefficient (Wildman–Crippen LogP) is 1.59. The van der Waals surface area contributed by atoms with Crippen molar-refractivity contribution in [3.8, 4) is 5.69 Å². The fourth-order valence-electron chi connectivity index (χ4n) is 1.65. The first-order valence-corrected chi connectivity index (χ1v) is 6.52. The second kappa shape index (κ2) is 5.35. The van der Waals surface area contributed by atoms with Crippen LogP contribution in [0.2, 0.25) is 0 Å². The molecular weight excluding hydrogens is 234 g/mol. The number of aliphatic hydroxyl groups excluding tert-OH is 1. The van der Waals surface area contributed by atoms with E-state index in [9.17, 15) is 0 Å². The Balaban J connectivity index is 2.42. The summed E-state index contributed by atoms with van der Waals surface area (Å²) in [6.07, 6.45) is 5.43. The van der Waals surface area contributed by atoms with E-state index in [1.807, 2.05) is 23.0 Å². The molecule has 1 aromatic heterocycles. The van der Waals surface area contributed by atoms with Crippen molar-refractivity contribution in [2.24, 2.45) is 5.73 Å². The van der Waals surface area contributed by atoms with Crippen molar-refractivity contribution in [1.29, 1.82) is 0 Å². The Kier molecular flexibility index (Phi) is 3.83. The molecule has 0 amide bonds. The summed E-state index contributed by atoms with van der Waals surface area (Å²) < 4.78 is 1.90. The number of aliphatic hydroxyl groups is 1. The minimum Gasteiger partial charge on any atom is -0.394 e. The van der Waals surface area contributed by atoms with E-state index in [0.717, 1.165) is 11.4 Å². The third-order valence-corrected chi connectivity index (χ3v) is 3.30. The molecule has 1 unspecified atom stereocenters. The van der Waals surface area contributed by atoms with Crippen molar-refractivity contribution in [3.63, 3.8) is 0 Å². The van der Waals surface area contributed by atoms with Crippen LogP contribution >= 0.6 is 11.8 Å². The van der Waals surface area contributed by atoms with Crippen LogP contribution in [-0.4, -0.2) is 27.5 Å². The summed E-state index contributed by atoms with van der Waals surface area (Å²) in [6, 6.07) is 7.71. The molecule has 2 aromatic rings. The van der Waals surface area contributed by atoms with Gasteiger partial charge < -0.3 is 15.4 Å². The zero-order chi connectivity index (χ0) is 12.3. The first-order valence-electron chi connectivity index (χ1n) is 5.29. The smallest absolute Gasteiger partial charge is 0.0994 e. The molecule has 2 rings (SSSR count). The lowest BCUT2D eigenvalue weighted by atomic mass is 10.2. The quantitative estimate of drug-likeness (QED) is 0.808. The van der Waals surface area contributed by atoms with Crippen LogP contribution < -0.4 is 5.73 Å². The molecule has 0 saturated carbocycles. The van der Waals surface area contributed by atoms with Crippen LogP contribution in [0.15, 0.2) is 41.7 Å². The molecular formula is C12H15N3OS. The average Bonchev–Trinajstić information content (AvgIpc) is 2.87. The van der Waals surface area contributed by atoms with E-state index in [1.54, 1.807) is 24.3 Å². The van der Waals surface area contributed by atoms with Gasteiger partial charge in [-0.15, -0.1) is 11.8 Å². The van der Waals surface area contributed by atoms with Crippen molar-refractivity contribution < 1.29 is 5.11 Å². The van der Waals surface area contributed by atoms with E-state index in [-0.39, 0.29) is 6.61 Å². The van der Waals surface area contributed by atoms with Crippen molar-refractivity contribution in [1.82, 2.24) is 9.55 Å². The van der Waals surface area contributed by atoms with Crippen LogP contribution in [0.4, 0.5) is 0 Å². The molecule has 0 saturated heterocycles. The zero-order valence-corrected chi connectivity index (χ0v) is 10.4. The summed E-state index contributed by atoms with van der Waals surface area (Å²) in [7, 11) is 0. The zero-order valence-electron chi connectivity index (χ0n) is 9.58. The minimum atomic E-state index is -0.407. The van der Waals surface area contributed by atoms with Gasteiger partial charge in [0.05, 0.1) is 30.9 Å². The van der Waals surface area contributed by atoms with Gasteiger partial charge in [-0.2, -0.15) is 0 Å². The van der Waals surface area contributed by atoms with E-state index in [1.165, 1.54) is 4.90 Å². The van der Waals surface area contributed by atoms with Gasteiger partial charge in [-0.05, 0) is 24.5 Å². The van der Waals surface area contributed by atoms with Crippen LogP contribution in [0.25, 0.3) is 5.69 Å². The highest BCUT2D eigenvalue weighted by Gasteiger charge is 2.11. The highest BCUT2D eigenvalue weighted by atomic mass is 32.2. The molecule has 0 radical (unpaired) electrons. The molecule has 0 spiro atoms. The molecule has 0 fully saturated rings. The number of benzene rings is 1. The summed E-state index contributed by atoms with van der Waals surface area (Å²) in [4.78, 5) is 5.27. The lowest BCUT2D eigenvalue weighted by Gasteiger charge is -2.13. The molecule has 5 heteroatoms. The summed E-state index contributed by atoms with van der Waals surface area (Å²) in [5.41, 5.74) is 7.65. The van der Waals surface area contributed by atoms with Crippen LogP contribution in [0.1, 0.15) is 11.7 Å². The first-order chi connectivity index (χ1) is 8.26. The number of imidazole rings is 1. The van der Waals surface area contributed by atoms with E-state index < -0.39 is 6.04 Å². The highest BCUT2D eigenvalue weighted by Crippen LogP contribution is 2.21. The Hall–Kier alpha value is -1.30. The largest absolute Gasteiger partial charge is 0.394 e. The van der Waals surface area contributed by atoms with Crippen LogP contribution in [0.3, 0.4) is 0 Å². The van der Waals surface area contributed by atoms with Gasteiger partial charge in [0.2, 0.25) is 0 Å².